The van der Waals surface area contributed by atoms with Gasteiger partial charge in [0.25, 0.3) is 0 Å². The number of rotatable bonds is 3. The number of imidazole rings is 1. The Kier molecular flexibility index (Phi) is 3.70. The van der Waals surface area contributed by atoms with E-state index < -0.39 is 11.6 Å². The van der Waals surface area contributed by atoms with E-state index in [2.05, 4.69) is 4.98 Å². The first kappa shape index (κ1) is 12.7. The van der Waals surface area contributed by atoms with Crippen molar-refractivity contribution in [3.63, 3.8) is 0 Å². The number of nitrogens with zero attached hydrogens (tertiary/aromatic N) is 2. The van der Waals surface area contributed by atoms with Crippen LogP contribution in [0.5, 0.6) is 0 Å². The molecule has 0 aliphatic heterocycles. The number of carbonyl (C=O) groups excluding carboxylic acids is 1. The summed E-state index contributed by atoms with van der Waals surface area (Å²) >= 11 is 0. The SMILES string of the molecule is Cn1cncc1C[C@@H](N)C(=O)OC(C)(C)C. The van der Waals surface area contributed by atoms with E-state index in [1.165, 1.54) is 0 Å². The molecule has 1 aromatic rings. The van der Waals surface area contributed by atoms with Gasteiger partial charge < -0.3 is 15.0 Å². The number of aryl methyl sites for hydroxylation is 1. The second kappa shape index (κ2) is 4.65. The minimum Gasteiger partial charge on any atom is -0.459 e. The van der Waals surface area contributed by atoms with Gasteiger partial charge in [-0.25, -0.2) is 4.98 Å². The standard InChI is InChI=1S/C11H19N3O2/c1-11(2,3)16-10(15)9(12)5-8-6-13-7-14(8)4/h6-7,9H,5,12H2,1-4H3/t9-/m1/s1. The van der Waals surface area contributed by atoms with Gasteiger partial charge in [0.2, 0.25) is 0 Å². The summed E-state index contributed by atoms with van der Waals surface area (Å²) in [6.45, 7) is 5.46. The summed E-state index contributed by atoms with van der Waals surface area (Å²) in [5.74, 6) is -0.381. The molecule has 90 valence electrons. The second-order valence-corrected chi connectivity index (χ2v) is 4.84. The average molecular weight is 225 g/mol. The Labute approximate surface area is 95.6 Å². The van der Waals surface area contributed by atoms with E-state index in [-0.39, 0.29) is 5.97 Å². The highest BCUT2D eigenvalue weighted by molar-refractivity contribution is 5.76. The molecule has 0 aromatic carbocycles. The van der Waals surface area contributed by atoms with Crippen LogP contribution in [0.25, 0.3) is 0 Å². The van der Waals surface area contributed by atoms with Gasteiger partial charge >= 0.3 is 5.97 Å². The van der Waals surface area contributed by atoms with Crippen molar-refractivity contribution in [2.45, 2.75) is 38.8 Å². The third-order valence-corrected chi connectivity index (χ3v) is 2.06. The molecule has 5 heteroatoms. The van der Waals surface area contributed by atoms with E-state index in [0.717, 1.165) is 5.69 Å². The van der Waals surface area contributed by atoms with E-state index in [9.17, 15) is 4.79 Å². The number of ether oxygens (including phenoxy) is 1. The van der Waals surface area contributed by atoms with Crippen LogP contribution < -0.4 is 5.73 Å². The van der Waals surface area contributed by atoms with E-state index in [1.54, 1.807) is 12.5 Å². The number of esters is 1. The zero-order valence-electron chi connectivity index (χ0n) is 10.2. The zero-order valence-corrected chi connectivity index (χ0v) is 10.2. The van der Waals surface area contributed by atoms with Crippen molar-refractivity contribution in [2.24, 2.45) is 12.8 Å². The molecule has 1 heterocycles. The van der Waals surface area contributed by atoms with E-state index in [0.29, 0.717) is 6.42 Å². The van der Waals surface area contributed by atoms with Crippen molar-refractivity contribution in [1.82, 2.24) is 9.55 Å². The lowest BCUT2D eigenvalue weighted by Crippen LogP contribution is -2.39. The quantitative estimate of drug-likeness (QED) is 0.766. The van der Waals surface area contributed by atoms with Crippen molar-refractivity contribution in [2.75, 3.05) is 0 Å². The molecule has 0 aliphatic carbocycles. The minimum absolute atomic E-state index is 0.381. The molecule has 1 atom stereocenters. The number of hydrogen-bond donors (Lipinski definition) is 1. The number of hydrogen-bond acceptors (Lipinski definition) is 4. The number of carbonyl (C=O) groups is 1. The summed E-state index contributed by atoms with van der Waals surface area (Å²) in [7, 11) is 1.87. The average Bonchev–Trinajstić information content (AvgIpc) is 2.49. The summed E-state index contributed by atoms with van der Waals surface area (Å²) in [5.41, 5.74) is 6.19. The fourth-order valence-electron chi connectivity index (χ4n) is 1.27. The highest BCUT2D eigenvalue weighted by atomic mass is 16.6. The third kappa shape index (κ3) is 3.66. The fourth-order valence-corrected chi connectivity index (χ4v) is 1.27. The molecule has 16 heavy (non-hydrogen) atoms. The van der Waals surface area contributed by atoms with Crippen molar-refractivity contribution in [3.05, 3.63) is 18.2 Å². The van der Waals surface area contributed by atoms with Crippen LogP contribution in [-0.2, 0) is 23.0 Å². The predicted octanol–water partition coefficient (Wildman–Crippen LogP) is 0.632. The van der Waals surface area contributed by atoms with Gasteiger partial charge in [0.15, 0.2) is 0 Å². The van der Waals surface area contributed by atoms with Crippen LogP contribution in [0.15, 0.2) is 12.5 Å². The lowest BCUT2D eigenvalue weighted by molar-refractivity contribution is -0.156. The van der Waals surface area contributed by atoms with Crippen LogP contribution in [0.3, 0.4) is 0 Å². The van der Waals surface area contributed by atoms with Gasteiger partial charge in [-0.2, -0.15) is 0 Å². The molecule has 1 aromatic heterocycles. The highest BCUT2D eigenvalue weighted by Gasteiger charge is 2.22. The van der Waals surface area contributed by atoms with Crippen LogP contribution >= 0.6 is 0 Å². The zero-order chi connectivity index (χ0) is 12.3. The molecule has 0 bridgehead atoms. The molecule has 0 spiro atoms. The normalized spacial score (nSPS) is 13.6. The molecular weight excluding hydrogens is 206 g/mol. The van der Waals surface area contributed by atoms with Gasteiger partial charge in [0.05, 0.1) is 6.33 Å². The summed E-state index contributed by atoms with van der Waals surface area (Å²) in [5, 5.41) is 0. The number of nitrogens with two attached hydrogens (primary N) is 1. The maximum absolute atomic E-state index is 11.6. The van der Waals surface area contributed by atoms with Gasteiger partial charge in [0, 0.05) is 25.4 Å². The van der Waals surface area contributed by atoms with Gasteiger partial charge in [-0.1, -0.05) is 0 Å². The van der Waals surface area contributed by atoms with E-state index in [1.807, 2.05) is 32.4 Å². The second-order valence-electron chi connectivity index (χ2n) is 4.84. The summed E-state index contributed by atoms with van der Waals surface area (Å²) in [6.07, 6.45) is 3.81. The van der Waals surface area contributed by atoms with Gasteiger partial charge in [0.1, 0.15) is 11.6 Å². The van der Waals surface area contributed by atoms with Gasteiger partial charge in [-0.15, -0.1) is 0 Å². The molecule has 0 unspecified atom stereocenters. The smallest absolute Gasteiger partial charge is 0.323 e. The third-order valence-electron chi connectivity index (χ3n) is 2.06. The predicted molar refractivity (Wildman–Crippen MR) is 60.7 cm³/mol. The maximum Gasteiger partial charge on any atom is 0.323 e. The monoisotopic (exact) mass is 225 g/mol. The number of aromatic nitrogens is 2. The van der Waals surface area contributed by atoms with Crippen LogP contribution in [-0.4, -0.2) is 27.2 Å². The molecule has 0 saturated heterocycles. The summed E-state index contributed by atoms with van der Waals surface area (Å²) in [6, 6.07) is -0.644. The molecular formula is C11H19N3O2. The molecule has 0 amide bonds. The molecule has 2 N–H and O–H groups in total. The van der Waals surface area contributed by atoms with Gasteiger partial charge in [-0.05, 0) is 20.8 Å². The maximum atomic E-state index is 11.6. The van der Waals surface area contributed by atoms with Crippen LogP contribution in [0.2, 0.25) is 0 Å². The molecule has 1 rings (SSSR count). The van der Waals surface area contributed by atoms with Crippen LogP contribution in [0.1, 0.15) is 26.5 Å². The molecule has 5 nitrogen and oxygen atoms in total. The molecule has 0 fully saturated rings. The Hall–Kier alpha value is -1.36. The summed E-state index contributed by atoms with van der Waals surface area (Å²) in [4.78, 5) is 15.6. The van der Waals surface area contributed by atoms with Gasteiger partial charge in [-0.3, -0.25) is 4.79 Å². The van der Waals surface area contributed by atoms with Crippen molar-refractivity contribution >= 4 is 5.97 Å². The topological polar surface area (TPSA) is 70.1 Å². The van der Waals surface area contributed by atoms with Crippen molar-refractivity contribution in [3.8, 4) is 0 Å². The first-order valence-electron chi connectivity index (χ1n) is 5.23. The van der Waals surface area contributed by atoms with Crippen LogP contribution in [0.4, 0.5) is 0 Å². The first-order chi connectivity index (χ1) is 7.29. The molecule has 0 saturated carbocycles. The Morgan fingerprint density at radius 2 is 2.25 bits per heavy atom. The lowest BCUT2D eigenvalue weighted by atomic mass is 10.1. The summed E-state index contributed by atoms with van der Waals surface area (Å²) < 4.78 is 7.03. The Balaban J connectivity index is 2.56. The van der Waals surface area contributed by atoms with E-state index >= 15 is 0 Å². The minimum atomic E-state index is -0.644. The van der Waals surface area contributed by atoms with Crippen molar-refractivity contribution < 1.29 is 9.53 Å². The van der Waals surface area contributed by atoms with Crippen LogP contribution in [0, 0.1) is 0 Å². The Morgan fingerprint density at radius 1 is 1.62 bits per heavy atom. The lowest BCUT2D eigenvalue weighted by Gasteiger charge is -2.22. The Morgan fingerprint density at radius 3 is 2.69 bits per heavy atom. The van der Waals surface area contributed by atoms with E-state index in [4.69, 9.17) is 10.5 Å². The highest BCUT2D eigenvalue weighted by Crippen LogP contribution is 2.09. The van der Waals surface area contributed by atoms with Crippen molar-refractivity contribution in [1.29, 1.82) is 0 Å². The fraction of sp³-hybridized carbons (Fsp3) is 0.636. The largest absolute Gasteiger partial charge is 0.459 e. The Bertz CT molecular complexity index is 366. The molecule has 0 aliphatic rings. The molecule has 0 radical (unpaired) electrons. The first-order valence-corrected chi connectivity index (χ1v) is 5.23.